The van der Waals surface area contributed by atoms with Crippen LogP contribution in [0.1, 0.15) is 78.2 Å². The van der Waals surface area contributed by atoms with Gasteiger partial charge >= 0.3 is 6.18 Å². The number of rotatable bonds is 8. The summed E-state index contributed by atoms with van der Waals surface area (Å²) in [6.07, 6.45) is 3.95. The molecule has 0 spiro atoms. The first-order valence-corrected chi connectivity index (χ1v) is 18.5. The lowest BCUT2D eigenvalue weighted by Crippen LogP contribution is -2.47. The van der Waals surface area contributed by atoms with Crippen molar-refractivity contribution in [3.8, 4) is 0 Å². The molecule has 10 nitrogen and oxygen atoms in total. The van der Waals surface area contributed by atoms with Crippen molar-refractivity contribution in [2.45, 2.75) is 82.3 Å². The second kappa shape index (κ2) is 13.6. The first-order chi connectivity index (χ1) is 22.3. The maximum atomic E-state index is 13.6. The number of benzene rings is 1. The predicted octanol–water partition coefficient (Wildman–Crippen LogP) is 4.73. The van der Waals surface area contributed by atoms with Crippen molar-refractivity contribution in [3.05, 3.63) is 53.0 Å². The second-order valence-electron chi connectivity index (χ2n) is 13.8. The molecule has 258 valence electrons. The largest absolute Gasteiger partial charge is 0.416 e. The average Bonchev–Trinajstić information content (AvgIpc) is 3.63. The molecule has 1 aromatic heterocycles. The molecule has 5 atom stereocenters. The highest BCUT2D eigenvalue weighted by molar-refractivity contribution is 7.88. The van der Waals surface area contributed by atoms with Crippen molar-refractivity contribution >= 4 is 21.7 Å². The highest BCUT2D eigenvalue weighted by Crippen LogP contribution is 2.42. The third kappa shape index (κ3) is 7.60. The fourth-order valence-corrected chi connectivity index (χ4v) is 8.70. The van der Waals surface area contributed by atoms with Gasteiger partial charge in [-0.3, -0.25) is 9.69 Å². The Labute approximate surface area is 275 Å². The van der Waals surface area contributed by atoms with Crippen LogP contribution in [0.25, 0.3) is 0 Å². The summed E-state index contributed by atoms with van der Waals surface area (Å²) >= 11 is 0. The summed E-state index contributed by atoms with van der Waals surface area (Å²) in [6.45, 7) is 5.59. The minimum Gasteiger partial charge on any atom is -0.368 e. The fourth-order valence-electron chi connectivity index (χ4n) is 7.99. The number of ether oxygens (including phenoxy) is 1. The summed E-state index contributed by atoms with van der Waals surface area (Å²) in [5.41, 5.74) is 1.12. The van der Waals surface area contributed by atoms with Gasteiger partial charge in [0.15, 0.2) is 0 Å². The smallest absolute Gasteiger partial charge is 0.368 e. The first-order valence-electron chi connectivity index (χ1n) is 16.6. The maximum absolute atomic E-state index is 13.6. The number of carbonyl (C=O) groups is 1. The first kappa shape index (κ1) is 34.1. The third-order valence-electron chi connectivity index (χ3n) is 10.8. The zero-order valence-corrected chi connectivity index (χ0v) is 28.1. The van der Waals surface area contributed by atoms with Gasteiger partial charge in [-0.25, -0.2) is 22.7 Å². The summed E-state index contributed by atoms with van der Waals surface area (Å²) in [6, 6.07) is 5.70. The summed E-state index contributed by atoms with van der Waals surface area (Å²) in [4.78, 5) is 26.7. The van der Waals surface area contributed by atoms with Crippen LogP contribution in [0.3, 0.4) is 0 Å². The highest BCUT2D eigenvalue weighted by Gasteiger charge is 2.45. The van der Waals surface area contributed by atoms with Crippen molar-refractivity contribution in [2.24, 2.45) is 11.8 Å². The quantitative estimate of drug-likeness (QED) is 0.427. The number of piperidine rings is 1. The Hall–Kier alpha value is -2.81. The van der Waals surface area contributed by atoms with Gasteiger partial charge in [0, 0.05) is 57.4 Å². The minimum atomic E-state index is -4.37. The molecule has 1 aliphatic carbocycles. The van der Waals surface area contributed by atoms with E-state index in [1.165, 1.54) is 24.7 Å². The van der Waals surface area contributed by atoms with Crippen LogP contribution in [-0.4, -0.2) is 103 Å². The maximum Gasteiger partial charge on any atom is 0.416 e. The van der Waals surface area contributed by atoms with Gasteiger partial charge in [-0.15, -0.1) is 0 Å². The van der Waals surface area contributed by atoms with E-state index in [2.05, 4.69) is 20.2 Å². The Morgan fingerprint density at radius 1 is 1.04 bits per heavy atom. The van der Waals surface area contributed by atoms with Gasteiger partial charge in [0.2, 0.25) is 10.0 Å². The molecule has 1 saturated carbocycles. The zero-order chi connectivity index (χ0) is 33.5. The predicted molar refractivity (Wildman–Crippen MR) is 171 cm³/mol. The molecule has 1 N–H and O–H groups in total. The molecule has 0 unspecified atom stereocenters. The van der Waals surface area contributed by atoms with E-state index in [1.807, 2.05) is 11.8 Å². The van der Waals surface area contributed by atoms with Crippen LogP contribution in [0.15, 0.2) is 30.6 Å². The topological polar surface area (TPSA) is 108 Å². The number of sulfonamides is 1. The highest BCUT2D eigenvalue weighted by atomic mass is 32.2. The van der Waals surface area contributed by atoms with Crippen molar-refractivity contribution in [1.82, 2.24) is 24.1 Å². The van der Waals surface area contributed by atoms with Crippen LogP contribution in [0, 0.1) is 18.8 Å². The molecular weight excluding hydrogens is 633 g/mol. The molecule has 3 aliphatic heterocycles. The zero-order valence-electron chi connectivity index (χ0n) is 27.2. The summed E-state index contributed by atoms with van der Waals surface area (Å²) < 4.78 is 70.7. The van der Waals surface area contributed by atoms with Crippen molar-refractivity contribution in [2.75, 3.05) is 51.3 Å². The van der Waals surface area contributed by atoms with E-state index in [9.17, 15) is 26.4 Å². The molecule has 47 heavy (non-hydrogen) atoms. The average molecular weight is 679 g/mol. The lowest BCUT2D eigenvalue weighted by atomic mass is 9.97. The Balaban J connectivity index is 0.987. The molecule has 4 aliphatic rings. The number of aromatic nitrogens is 2. The molecule has 4 heterocycles. The van der Waals surface area contributed by atoms with Crippen LogP contribution in [0.2, 0.25) is 0 Å². The standard InChI is InChI=1S/C33H45F3N6O4S/c1-21-30(32(43)41-13-11-26(12-14-41)42-18-23-15-27(16-24(23)19-42)40(2)47(3,44)45)38-20-39-31(21)37-17-28-5-4-6-29(46-28)22-7-9-25(10-8-22)33(34,35)36/h7-10,20,23-24,26-29H,4-6,11-19H2,1-3H3,(H,37,38,39)/t23-,24+,27-,28-,29+/m1/s1. The van der Waals surface area contributed by atoms with E-state index in [1.54, 1.807) is 11.4 Å². The minimum absolute atomic E-state index is 0.0944. The van der Waals surface area contributed by atoms with E-state index in [0.29, 0.717) is 54.6 Å². The summed E-state index contributed by atoms with van der Waals surface area (Å²) in [5, 5.41) is 3.32. The monoisotopic (exact) mass is 678 g/mol. The number of nitrogens with one attached hydrogen (secondary N) is 1. The Morgan fingerprint density at radius 2 is 1.70 bits per heavy atom. The van der Waals surface area contributed by atoms with Crippen LogP contribution < -0.4 is 5.32 Å². The number of fused-ring (bicyclic) bond motifs is 1. The number of anilines is 1. The Kier molecular flexibility index (Phi) is 9.86. The molecule has 6 rings (SSSR count). The number of alkyl halides is 3. The molecule has 14 heteroatoms. The number of carbonyl (C=O) groups excluding carboxylic acids is 1. The number of nitrogens with zero attached hydrogens (tertiary/aromatic N) is 5. The normalized spacial score (nSPS) is 27.7. The molecule has 2 aromatic rings. The van der Waals surface area contributed by atoms with Gasteiger partial charge in [0.05, 0.1) is 24.0 Å². The van der Waals surface area contributed by atoms with E-state index in [-0.39, 0.29) is 24.2 Å². The lowest BCUT2D eigenvalue weighted by molar-refractivity contribution is -0.137. The number of amides is 1. The number of likely N-dealkylation sites (tertiary alicyclic amines) is 2. The second-order valence-corrected chi connectivity index (χ2v) is 15.8. The molecule has 3 saturated heterocycles. The third-order valence-corrected chi connectivity index (χ3v) is 12.1. The van der Waals surface area contributed by atoms with E-state index >= 15 is 0 Å². The summed E-state index contributed by atoms with van der Waals surface area (Å²) in [5.74, 6) is 1.51. The van der Waals surface area contributed by atoms with Gasteiger partial charge in [-0.1, -0.05) is 12.1 Å². The molecule has 4 fully saturated rings. The van der Waals surface area contributed by atoms with Crippen molar-refractivity contribution < 1.29 is 31.1 Å². The van der Waals surface area contributed by atoms with Gasteiger partial charge in [-0.2, -0.15) is 13.2 Å². The summed E-state index contributed by atoms with van der Waals surface area (Å²) in [7, 11) is -1.49. The Bertz CT molecular complexity index is 1520. The van der Waals surface area contributed by atoms with Gasteiger partial charge in [0.1, 0.15) is 17.8 Å². The van der Waals surface area contributed by atoms with E-state index < -0.39 is 21.8 Å². The number of halogens is 3. The SMILES string of the molecule is Cc1c(NC[C@H]2CCC[C@@H](c3ccc(C(F)(F)F)cc3)O2)ncnc1C(=O)N1CCC(N2C[C@H]3C[C@@H](N(C)S(C)(=O)=O)C[C@H]3C2)CC1. The van der Waals surface area contributed by atoms with Crippen LogP contribution in [-0.2, 0) is 20.9 Å². The van der Waals surface area contributed by atoms with Gasteiger partial charge in [-0.05, 0) is 81.4 Å². The van der Waals surface area contributed by atoms with Gasteiger partial charge < -0.3 is 15.0 Å². The molecule has 1 aromatic carbocycles. The number of hydrogen-bond acceptors (Lipinski definition) is 8. The van der Waals surface area contributed by atoms with Crippen molar-refractivity contribution in [1.29, 1.82) is 0 Å². The van der Waals surface area contributed by atoms with Crippen molar-refractivity contribution in [3.63, 3.8) is 0 Å². The lowest BCUT2D eigenvalue weighted by Gasteiger charge is -2.37. The van der Waals surface area contributed by atoms with E-state index in [4.69, 9.17) is 4.74 Å². The molecule has 0 radical (unpaired) electrons. The molecule has 1 amide bonds. The number of hydrogen-bond donors (Lipinski definition) is 1. The van der Waals surface area contributed by atoms with Crippen LogP contribution in [0.4, 0.5) is 19.0 Å². The molecular formula is C33H45F3N6O4S. The Morgan fingerprint density at radius 3 is 2.32 bits per heavy atom. The fraction of sp³-hybridized carbons (Fsp3) is 0.667. The van der Waals surface area contributed by atoms with E-state index in [0.717, 1.165) is 75.7 Å². The molecule has 0 bridgehead atoms. The van der Waals surface area contributed by atoms with Crippen LogP contribution >= 0.6 is 0 Å². The van der Waals surface area contributed by atoms with Gasteiger partial charge in [0.25, 0.3) is 5.91 Å². The van der Waals surface area contributed by atoms with Crippen LogP contribution in [0.5, 0.6) is 0 Å².